The van der Waals surface area contributed by atoms with Crippen LogP contribution in [0.4, 0.5) is 4.79 Å². The molecule has 3 amide bonds. The van der Waals surface area contributed by atoms with E-state index < -0.39 is 0 Å². The van der Waals surface area contributed by atoms with Crippen LogP contribution in [-0.4, -0.2) is 68.3 Å². The van der Waals surface area contributed by atoms with Gasteiger partial charge in [0.05, 0.1) is 13.2 Å². The summed E-state index contributed by atoms with van der Waals surface area (Å²) in [6, 6.07) is -0.0990. The summed E-state index contributed by atoms with van der Waals surface area (Å²) in [5, 5.41) is 9.11. The number of carbonyl (C=O) groups is 2. The number of ether oxygens (including phenoxy) is 1. The normalized spacial score (nSPS) is 35.0. The molecular weight excluding hydrogens is 344 g/mol. The molecule has 0 spiro atoms. The number of nitrogens with one attached hydrogen (secondary N) is 3. The molecule has 0 unspecified atom stereocenters. The molecule has 7 heteroatoms. The molecule has 27 heavy (non-hydrogen) atoms. The van der Waals surface area contributed by atoms with E-state index in [2.05, 4.69) is 20.9 Å². The molecule has 1 aliphatic heterocycles. The highest BCUT2D eigenvalue weighted by Crippen LogP contribution is 2.55. The molecule has 4 bridgehead atoms. The summed E-state index contributed by atoms with van der Waals surface area (Å²) < 4.78 is 5.31. The molecule has 3 N–H and O–H groups in total. The molecule has 1 saturated heterocycles. The number of rotatable bonds is 7. The van der Waals surface area contributed by atoms with Gasteiger partial charge in [-0.1, -0.05) is 0 Å². The van der Waals surface area contributed by atoms with Gasteiger partial charge in [-0.2, -0.15) is 0 Å². The first-order valence-electron chi connectivity index (χ1n) is 10.7. The summed E-state index contributed by atoms with van der Waals surface area (Å²) in [5.41, 5.74) is 0.0270. The Bertz CT molecular complexity index is 512. The van der Waals surface area contributed by atoms with Crippen LogP contribution in [0.3, 0.4) is 0 Å². The first-order chi connectivity index (χ1) is 13.1. The summed E-state index contributed by atoms with van der Waals surface area (Å²) in [5.74, 6) is 2.44. The van der Waals surface area contributed by atoms with Crippen molar-refractivity contribution >= 4 is 11.9 Å². The Labute approximate surface area is 161 Å². The van der Waals surface area contributed by atoms with Crippen molar-refractivity contribution < 1.29 is 14.3 Å². The largest absolute Gasteiger partial charge is 0.379 e. The SMILES string of the molecule is O=C(CCNC(=O)NC12CC3CC(CC(C3)C1)C2)NCCN1CCOCC1. The lowest BCUT2D eigenvalue weighted by Crippen LogP contribution is -2.61. The summed E-state index contributed by atoms with van der Waals surface area (Å²) in [7, 11) is 0. The lowest BCUT2D eigenvalue weighted by molar-refractivity contribution is -0.121. The van der Waals surface area contributed by atoms with Crippen molar-refractivity contribution in [3.8, 4) is 0 Å². The predicted octanol–water partition coefficient (Wildman–Crippen LogP) is 1.09. The van der Waals surface area contributed by atoms with Gasteiger partial charge in [-0.15, -0.1) is 0 Å². The molecule has 5 aliphatic rings. The minimum atomic E-state index is -0.0990. The molecule has 0 aromatic heterocycles. The molecule has 0 aromatic carbocycles. The highest BCUT2D eigenvalue weighted by molar-refractivity contribution is 5.78. The van der Waals surface area contributed by atoms with Crippen LogP contribution in [0.25, 0.3) is 0 Å². The van der Waals surface area contributed by atoms with Crippen molar-refractivity contribution in [1.82, 2.24) is 20.9 Å². The van der Waals surface area contributed by atoms with Crippen molar-refractivity contribution in [2.24, 2.45) is 17.8 Å². The van der Waals surface area contributed by atoms with E-state index in [1.807, 2.05) is 0 Å². The predicted molar refractivity (Wildman–Crippen MR) is 102 cm³/mol. The van der Waals surface area contributed by atoms with Gasteiger partial charge >= 0.3 is 6.03 Å². The molecule has 5 fully saturated rings. The van der Waals surface area contributed by atoms with Crippen LogP contribution in [0.2, 0.25) is 0 Å². The van der Waals surface area contributed by atoms with Crippen molar-refractivity contribution in [3.63, 3.8) is 0 Å². The van der Waals surface area contributed by atoms with E-state index in [9.17, 15) is 9.59 Å². The summed E-state index contributed by atoms with van der Waals surface area (Å²) >= 11 is 0. The van der Waals surface area contributed by atoms with Gasteiger partial charge in [-0.05, 0) is 56.3 Å². The van der Waals surface area contributed by atoms with Gasteiger partial charge in [-0.25, -0.2) is 4.79 Å². The molecule has 5 rings (SSSR count). The Morgan fingerprint density at radius 1 is 0.926 bits per heavy atom. The van der Waals surface area contributed by atoms with Crippen molar-refractivity contribution in [1.29, 1.82) is 0 Å². The second kappa shape index (κ2) is 8.35. The molecule has 4 aliphatic carbocycles. The van der Waals surface area contributed by atoms with E-state index in [1.54, 1.807) is 0 Å². The fourth-order valence-corrected chi connectivity index (χ4v) is 6.10. The molecule has 4 saturated carbocycles. The van der Waals surface area contributed by atoms with Crippen LogP contribution in [-0.2, 0) is 9.53 Å². The fraction of sp³-hybridized carbons (Fsp3) is 0.900. The van der Waals surface area contributed by atoms with Crippen LogP contribution in [0.15, 0.2) is 0 Å². The average Bonchev–Trinajstić information content (AvgIpc) is 2.61. The van der Waals surface area contributed by atoms with E-state index in [0.717, 1.165) is 69.9 Å². The summed E-state index contributed by atoms with van der Waals surface area (Å²) in [6.07, 6.45) is 7.88. The third-order valence-corrected chi connectivity index (χ3v) is 6.91. The van der Waals surface area contributed by atoms with E-state index in [-0.39, 0.29) is 17.5 Å². The van der Waals surface area contributed by atoms with E-state index in [4.69, 9.17) is 4.74 Å². The van der Waals surface area contributed by atoms with E-state index in [1.165, 1.54) is 19.3 Å². The molecule has 152 valence electrons. The smallest absolute Gasteiger partial charge is 0.315 e. The number of hydrogen-bond donors (Lipinski definition) is 3. The Hall–Kier alpha value is -1.34. The highest BCUT2D eigenvalue weighted by Gasteiger charge is 2.51. The molecule has 0 atom stereocenters. The maximum absolute atomic E-state index is 12.4. The van der Waals surface area contributed by atoms with Crippen LogP contribution < -0.4 is 16.0 Å². The van der Waals surface area contributed by atoms with Crippen LogP contribution in [0.1, 0.15) is 44.9 Å². The fourth-order valence-electron chi connectivity index (χ4n) is 6.10. The van der Waals surface area contributed by atoms with Crippen LogP contribution in [0, 0.1) is 17.8 Å². The number of morpholine rings is 1. The second-order valence-corrected chi connectivity index (χ2v) is 9.13. The molecule has 7 nitrogen and oxygen atoms in total. The maximum atomic E-state index is 12.4. The Kier molecular flexibility index (Phi) is 5.88. The maximum Gasteiger partial charge on any atom is 0.315 e. The minimum absolute atomic E-state index is 0.00151. The number of hydrogen-bond acceptors (Lipinski definition) is 4. The molecular formula is C20H34N4O3. The van der Waals surface area contributed by atoms with Crippen molar-refractivity contribution in [2.75, 3.05) is 45.9 Å². The van der Waals surface area contributed by atoms with Gasteiger partial charge in [-0.3, -0.25) is 9.69 Å². The quantitative estimate of drug-likeness (QED) is 0.619. The first kappa shape index (κ1) is 19.0. The van der Waals surface area contributed by atoms with Gasteiger partial charge in [0.25, 0.3) is 0 Å². The Morgan fingerprint density at radius 3 is 2.19 bits per heavy atom. The molecule has 1 heterocycles. The lowest BCUT2D eigenvalue weighted by atomic mass is 9.53. The number of carbonyl (C=O) groups excluding carboxylic acids is 2. The molecule has 0 aromatic rings. The first-order valence-corrected chi connectivity index (χ1v) is 10.7. The monoisotopic (exact) mass is 378 g/mol. The van der Waals surface area contributed by atoms with Crippen LogP contribution >= 0.6 is 0 Å². The van der Waals surface area contributed by atoms with Gasteiger partial charge < -0.3 is 20.7 Å². The average molecular weight is 379 g/mol. The zero-order valence-corrected chi connectivity index (χ0v) is 16.3. The van der Waals surface area contributed by atoms with Gasteiger partial charge in [0.2, 0.25) is 5.91 Å². The standard InChI is InChI=1S/C20H34N4O3/c25-18(21-3-4-24-5-7-27-8-6-24)1-2-22-19(26)23-20-12-15-9-16(13-20)11-17(10-15)14-20/h15-17H,1-14H2,(H,21,25)(H2,22,23,26). The van der Waals surface area contributed by atoms with E-state index in [0.29, 0.717) is 19.5 Å². The number of amides is 3. The lowest BCUT2D eigenvalue weighted by Gasteiger charge is -2.56. The number of urea groups is 1. The van der Waals surface area contributed by atoms with Crippen molar-refractivity contribution in [2.45, 2.75) is 50.5 Å². The Balaban J connectivity index is 1.10. The topological polar surface area (TPSA) is 82.7 Å². The summed E-state index contributed by atoms with van der Waals surface area (Å²) in [4.78, 5) is 26.6. The van der Waals surface area contributed by atoms with Crippen molar-refractivity contribution in [3.05, 3.63) is 0 Å². The number of nitrogens with zero attached hydrogens (tertiary/aromatic N) is 1. The van der Waals surface area contributed by atoms with Crippen LogP contribution in [0.5, 0.6) is 0 Å². The second-order valence-electron chi connectivity index (χ2n) is 9.13. The highest BCUT2D eigenvalue weighted by atomic mass is 16.5. The van der Waals surface area contributed by atoms with E-state index >= 15 is 0 Å². The van der Waals surface area contributed by atoms with Gasteiger partial charge in [0.15, 0.2) is 0 Å². The summed E-state index contributed by atoms with van der Waals surface area (Å²) in [6.45, 7) is 5.31. The Morgan fingerprint density at radius 2 is 1.56 bits per heavy atom. The minimum Gasteiger partial charge on any atom is -0.379 e. The zero-order chi connectivity index (χ0) is 18.7. The molecule has 0 radical (unpaired) electrons. The van der Waals surface area contributed by atoms with Gasteiger partial charge in [0.1, 0.15) is 0 Å². The third-order valence-electron chi connectivity index (χ3n) is 6.91. The zero-order valence-electron chi connectivity index (χ0n) is 16.3. The van der Waals surface area contributed by atoms with Gasteiger partial charge in [0, 0.05) is 44.7 Å². The third kappa shape index (κ3) is 4.93.